The Hall–Kier alpha value is -2.96. The first-order valence-electron chi connectivity index (χ1n) is 7.00. The van der Waals surface area contributed by atoms with E-state index >= 15 is 0 Å². The zero-order valence-corrected chi connectivity index (χ0v) is 12.4. The van der Waals surface area contributed by atoms with Crippen LogP contribution in [0.3, 0.4) is 0 Å². The zero-order chi connectivity index (χ0) is 15.5. The van der Waals surface area contributed by atoms with Gasteiger partial charge in [0.2, 0.25) is 0 Å². The number of nitrogens with zero attached hydrogens (tertiary/aromatic N) is 4. The molecule has 0 radical (unpaired) electrons. The van der Waals surface area contributed by atoms with Gasteiger partial charge in [0, 0.05) is 29.8 Å². The molecule has 112 valence electrons. The molecule has 0 atom stereocenters. The van der Waals surface area contributed by atoms with Gasteiger partial charge >= 0.3 is 0 Å². The summed E-state index contributed by atoms with van der Waals surface area (Å²) in [6.07, 6.45) is 5.91. The van der Waals surface area contributed by atoms with Gasteiger partial charge in [0.1, 0.15) is 5.69 Å². The number of pyridine rings is 1. The van der Waals surface area contributed by atoms with Crippen molar-refractivity contribution in [1.29, 1.82) is 0 Å². The second-order valence-electron chi connectivity index (χ2n) is 4.83. The molecule has 0 fully saturated rings. The van der Waals surface area contributed by atoms with Crippen molar-refractivity contribution in [1.82, 2.24) is 25.0 Å². The number of aryl methyl sites for hydroxylation is 1. The average Bonchev–Trinajstić information content (AvgIpc) is 3.18. The summed E-state index contributed by atoms with van der Waals surface area (Å²) in [4.78, 5) is 16.4. The molecule has 3 aromatic rings. The van der Waals surface area contributed by atoms with E-state index in [9.17, 15) is 4.79 Å². The van der Waals surface area contributed by atoms with Crippen LogP contribution in [0.25, 0.3) is 5.69 Å². The van der Waals surface area contributed by atoms with Crippen molar-refractivity contribution < 1.29 is 4.79 Å². The number of hydrogen-bond donors (Lipinski definition) is 2. The number of aromatic nitrogens is 5. The van der Waals surface area contributed by atoms with Crippen molar-refractivity contribution in [3.63, 3.8) is 0 Å². The number of amides is 1. The van der Waals surface area contributed by atoms with Crippen molar-refractivity contribution in [2.24, 2.45) is 0 Å². The summed E-state index contributed by atoms with van der Waals surface area (Å²) >= 11 is 0. The Balaban J connectivity index is 1.83. The SMILES string of the molecule is CCc1[nH]nc(NC(=O)c2cc(-n3cccn3)ccn2)c1C. The summed E-state index contributed by atoms with van der Waals surface area (Å²) in [5.74, 6) is 0.236. The van der Waals surface area contributed by atoms with E-state index in [2.05, 4.69) is 25.6 Å². The smallest absolute Gasteiger partial charge is 0.275 e. The number of nitrogens with one attached hydrogen (secondary N) is 2. The van der Waals surface area contributed by atoms with Crippen LogP contribution < -0.4 is 5.32 Å². The van der Waals surface area contributed by atoms with Crippen molar-refractivity contribution in [3.8, 4) is 5.69 Å². The minimum Gasteiger partial charge on any atom is -0.303 e. The topological polar surface area (TPSA) is 88.5 Å². The highest BCUT2D eigenvalue weighted by atomic mass is 16.2. The fraction of sp³-hybridized carbons (Fsp3) is 0.200. The molecule has 2 N–H and O–H groups in total. The van der Waals surface area contributed by atoms with Gasteiger partial charge in [0.05, 0.1) is 5.69 Å². The summed E-state index contributed by atoms with van der Waals surface area (Å²) in [5, 5.41) is 14.0. The fourth-order valence-electron chi connectivity index (χ4n) is 2.18. The lowest BCUT2D eigenvalue weighted by molar-refractivity contribution is 0.102. The molecule has 0 aliphatic heterocycles. The minimum atomic E-state index is -0.300. The molecular weight excluding hydrogens is 280 g/mol. The second kappa shape index (κ2) is 5.80. The highest BCUT2D eigenvalue weighted by Crippen LogP contribution is 2.16. The number of H-pyrrole nitrogens is 1. The number of anilines is 1. The molecule has 3 heterocycles. The Morgan fingerprint density at radius 2 is 2.27 bits per heavy atom. The molecule has 0 aliphatic carbocycles. The lowest BCUT2D eigenvalue weighted by Crippen LogP contribution is -2.15. The highest BCUT2D eigenvalue weighted by Gasteiger charge is 2.14. The first-order chi connectivity index (χ1) is 10.7. The van der Waals surface area contributed by atoms with E-state index in [0.717, 1.165) is 23.4 Å². The summed E-state index contributed by atoms with van der Waals surface area (Å²) < 4.78 is 1.67. The lowest BCUT2D eigenvalue weighted by Gasteiger charge is -2.05. The number of rotatable bonds is 4. The molecule has 3 rings (SSSR count). The third-order valence-electron chi connectivity index (χ3n) is 3.44. The van der Waals surface area contributed by atoms with Gasteiger partial charge in [-0.2, -0.15) is 10.2 Å². The van der Waals surface area contributed by atoms with Crippen LogP contribution >= 0.6 is 0 Å². The normalized spacial score (nSPS) is 10.6. The number of carbonyl (C=O) groups excluding carboxylic acids is 1. The van der Waals surface area contributed by atoms with E-state index in [1.807, 2.05) is 26.1 Å². The van der Waals surface area contributed by atoms with Gasteiger partial charge < -0.3 is 5.32 Å². The largest absolute Gasteiger partial charge is 0.303 e. The minimum absolute atomic E-state index is 0.300. The molecule has 7 heteroatoms. The summed E-state index contributed by atoms with van der Waals surface area (Å²) in [7, 11) is 0. The maximum atomic E-state index is 12.3. The summed E-state index contributed by atoms with van der Waals surface area (Å²) in [5.41, 5.74) is 3.04. The van der Waals surface area contributed by atoms with Gasteiger partial charge in [0.15, 0.2) is 5.82 Å². The molecule has 0 aromatic carbocycles. The van der Waals surface area contributed by atoms with Crippen molar-refractivity contribution >= 4 is 11.7 Å². The molecule has 0 saturated heterocycles. The van der Waals surface area contributed by atoms with Gasteiger partial charge in [-0.15, -0.1) is 0 Å². The Kier molecular flexibility index (Phi) is 3.69. The van der Waals surface area contributed by atoms with Crippen LogP contribution in [0.2, 0.25) is 0 Å². The molecule has 0 spiro atoms. The van der Waals surface area contributed by atoms with Crippen LogP contribution in [-0.4, -0.2) is 30.9 Å². The van der Waals surface area contributed by atoms with Gasteiger partial charge in [-0.1, -0.05) is 6.92 Å². The van der Waals surface area contributed by atoms with E-state index in [-0.39, 0.29) is 5.91 Å². The van der Waals surface area contributed by atoms with E-state index in [0.29, 0.717) is 11.5 Å². The highest BCUT2D eigenvalue weighted by molar-refractivity contribution is 6.03. The first-order valence-corrected chi connectivity index (χ1v) is 7.00. The summed E-state index contributed by atoms with van der Waals surface area (Å²) in [6.45, 7) is 3.95. The Morgan fingerprint density at radius 3 is 2.95 bits per heavy atom. The predicted octanol–water partition coefficient (Wildman–Crippen LogP) is 2.11. The van der Waals surface area contributed by atoms with E-state index in [4.69, 9.17) is 0 Å². The molecule has 1 amide bonds. The van der Waals surface area contributed by atoms with Crippen molar-refractivity contribution in [2.45, 2.75) is 20.3 Å². The molecule has 0 aliphatic rings. The number of hydrogen-bond acceptors (Lipinski definition) is 4. The fourth-order valence-corrected chi connectivity index (χ4v) is 2.18. The maximum absolute atomic E-state index is 12.3. The van der Waals surface area contributed by atoms with Crippen LogP contribution in [-0.2, 0) is 6.42 Å². The van der Waals surface area contributed by atoms with Crippen LogP contribution in [0, 0.1) is 6.92 Å². The molecule has 3 aromatic heterocycles. The van der Waals surface area contributed by atoms with Crippen LogP contribution in [0.4, 0.5) is 5.82 Å². The third kappa shape index (κ3) is 2.60. The molecule has 7 nitrogen and oxygen atoms in total. The molecule has 0 saturated carbocycles. The van der Waals surface area contributed by atoms with Gasteiger partial charge in [-0.05, 0) is 31.5 Å². The molecule has 22 heavy (non-hydrogen) atoms. The molecule has 0 unspecified atom stereocenters. The lowest BCUT2D eigenvalue weighted by atomic mass is 10.2. The molecule has 0 bridgehead atoms. The zero-order valence-electron chi connectivity index (χ0n) is 12.4. The standard InChI is InChI=1S/C15H16N6O/c1-3-12-10(2)14(20-19-12)18-15(22)13-9-11(5-7-16-13)21-8-4-6-17-21/h4-9H,3H2,1-2H3,(H2,18,19,20,22). The maximum Gasteiger partial charge on any atom is 0.275 e. The Bertz CT molecular complexity index is 790. The second-order valence-corrected chi connectivity index (χ2v) is 4.83. The average molecular weight is 296 g/mol. The van der Waals surface area contributed by atoms with Crippen LogP contribution in [0.5, 0.6) is 0 Å². The predicted molar refractivity (Wildman–Crippen MR) is 82.0 cm³/mol. The quantitative estimate of drug-likeness (QED) is 0.771. The summed E-state index contributed by atoms with van der Waals surface area (Å²) in [6, 6.07) is 5.29. The van der Waals surface area contributed by atoms with E-state index < -0.39 is 0 Å². The van der Waals surface area contributed by atoms with Crippen LogP contribution in [0.1, 0.15) is 28.7 Å². The monoisotopic (exact) mass is 296 g/mol. The van der Waals surface area contributed by atoms with Gasteiger partial charge in [-0.25, -0.2) is 4.68 Å². The number of carbonyl (C=O) groups is 1. The van der Waals surface area contributed by atoms with Gasteiger partial charge in [-0.3, -0.25) is 14.9 Å². The van der Waals surface area contributed by atoms with Gasteiger partial charge in [0.25, 0.3) is 5.91 Å². The first kappa shape index (κ1) is 14.0. The van der Waals surface area contributed by atoms with E-state index in [1.54, 1.807) is 29.2 Å². The molecular formula is C15H16N6O. The Morgan fingerprint density at radius 1 is 1.41 bits per heavy atom. The van der Waals surface area contributed by atoms with E-state index in [1.165, 1.54) is 0 Å². The van der Waals surface area contributed by atoms with Crippen molar-refractivity contribution in [3.05, 3.63) is 53.7 Å². The van der Waals surface area contributed by atoms with Crippen LogP contribution in [0.15, 0.2) is 36.8 Å². The Labute approximate surface area is 127 Å². The van der Waals surface area contributed by atoms with Crippen molar-refractivity contribution in [2.75, 3.05) is 5.32 Å². The third-order valence-corrected chi connectivity index (χ3v) is 3.44. The number of aromatic amines is 1.